The minimum atomic E-state index is -0.392. The van der Waals surface area contributed by atoms with E-state index in [4.69, 9.17) is 0 Å². The number of aliphatic hydroxyl groups excluding tert-OH is 1. The van der Waals surface area contributed by atoms with Crippen LogP contribution in [0.1, 0.15) is 82.4 Å². The smallest absolute Gasteiger partial charge is 0.272 e. The third-order valence-electron chi connectivity index (χ3n) is 4.46. The lowest BCUT2D eigenvalue weighted by molar-refractivity contribution is 0.0879. The molecule has 22 heavy (non-hydrogen) atoms. The molecule has 1 heterocycles. The molecule has 1 aromatic heterocycles. The highest BCUT2D eigenvalue weighted by atomic mass is 16.3. The van der Waals surface area contributed by atoms with Crippen molar-refractivity contribution in [2.24, 2.45) is 0 Å². The first-order valence-electron chi connectivity index (χ1n) is 8.24. The van der Waals surface area contributed by atoms with Crippen molar-refractivity contribution in [3.8, 4) is 0 Å². The molecule has 0 radical (unpaired) electrons. The zero-order valence-corrected chi connectivity index (χ0v) is 14.4. The number of aliphatic hydroxyl groups is 1. The van der Waals surface area contributed by atoms with Crippen LogP contribution in [0.3, 0.4) is 0 Å². The van der Waals surface area contributed by atoms with E-state index in [-0.39, 0.29) is 18.1 Å². The molecule has 5 heteroatoms. The van der Waals surface area contributed by atoms with Gasteiger partial charge in [-0.3, -0.25) is 9.48 Å². The van der Waals surface area contributed by atoms with Gasteiger partial charge in [0.05, 0.1) is 5.54 Å². The van der Waals surface area contributed by atoms with E-state index in [1.807, 2.05) is 24.6 Å². The van der Waals surface area contributed by atoms with Gasteiger partial charge in [0.25, 0.3) is 5.91 Å². The van der Waals surface area contributed by atoms with Gasteiger partial charge in [0.15, 0.2) is 0 Å². The molecule has 2 rings (SSSR count). The molecule has 1 aromatic rings. The van der Waals surface area contributed by atoms with Gasteiger partial charge in [-0.2, -0.15) is 5.10 Å². The van der Waals surface area contributed by atoms with E-state index in [0.717, 1.165) is 12.1 Å². The second-order valence-corrected chi connectivity index (χ2v) is 7.65. The average molecular weight is 307 g/mol. The van der Waals surface area contributed by atoms with Gasteiger partial charge < -0.3 is 10.4 Å². The number of aromatic nitrogens is 2. The van der Waals surface area contributed by atoms with Crippen LogP contribution in [0.15, 0.2) is 6.07 Å². The third kappa shape index (κ3) is 3.69. The summed E-state index contributed by atoms with van der Waals surface area (Å²) in [6.07, 6.45) is 3.68. The molecule has 1 fully saturated rings. The highest BCUT2D eigenvalue weighted by molar-refractivity contribution is 5.93. The second kappa shape index (κ2) is 6.03. The van der Waals surface area contributed by atoms with Crippen molar-refractivity contribution >= 4 is 5.91 Å². The lowest BCUT2D eigenvalue weighted by Crippen LogP contribution is -2.46. The fourth-order valence-electron chi connectivity index (χ4n) is 2.63. The predicted octanol–water partition coefficient (Wildman–Crippen LogP) is 2.80. The van der Waals surface area contributed by atoms with E-state index >= 15 is 0 Å². The molecule has 5 nitrogen and oxygen atoms in total. The molecular formula is C17H29N3O2. The summed E-state index contributed by atoms with van der Waals surface area (Å²) in [7, 11) is 0. The number of carbonyl (C=O) groups is 1. The molecule has 0 aliphatic heterocycles. The fraction of sp³-hybridized carbons (Fsp3) is 0.765. The number of hydrogen-bond acceptors (Lipinski definition) is 3. The zero-order chi connectivity index (χ0) is 16.5. The summed E-state index contributed by atoms with van der Waals surface area (Å²) >= 11 is 0. The van der Waals surface area contributed by atoms with Crippen molar-refractivity contribution in [1.29, 1.82) is 0 Å². The van der Waals surface area contributed by atoms with E-state index in [1.54, 1.807) is 0 Å². The normalized spacial score (nSPS) is 18.1. The first-order valence-corrected chi connectivity index (χ1v) is 8.24. The second-order valence-electron chi connectivity index (χ2n) is 7.65. The summed E-state index contributed by atoms with van der Waals surface area (Å²) in [5.41, 5.74) is 1.12. The van der Waals surface area contributed by atoms with Crippen LogP contribution in [0.5, 0.6) is 0 Å². The standard InChI is InChI=1S/C17H29N3O2/c1-6-17(5,9-10-21)18-15(22)13-11-14(12-7-8-12)20(19-13)16(2,3)4/h11-12,21H,6-10H2,1-5H3,(H,18,22). The Kier molecular flexibility index (Phi) is 4.66. The summed E-state index contributed by atoms with van der Waals surface area (Å²) in [5.74, 6) is 0.394. The Hall–Kier alpha value is -1.36. The Morgan fingerprint density at radius 1 is 1.41 bits per heavy atom. The Morgan fingerprint density at radius 2 is 2.05 bits per heavy atom. The lowest BCUT2D eigenvalue weighted by Gasteiger charge is -2.28. The molecule has 1 unspecified atom stereocenters. The van der Waals surface area contributed by atoms with E-state index < -0.39 is 5.54 Å². The van der Waals surface area contributed by atoms with Crippen LogP contribution >= 0.6 is 0 Å². The number of rotatable bonds is 6. The summed E-state index contributed by atoms with van der Waals surface area (Å²) < 4.78 is 1.99. The van der Waals surface area contributed by atoms with Crippen molar-refractivity contribution in [3.05, 3.63) is 17.5 Å². The third-order valence-corrected chi connectivity index (χ3v) is 4.46. The quantitative estimate of drug-likeness (QED) is 0.849. The summed E-state index contributed by atoms with van der Waals surface area (Å²) in [6.45, 7) is 10.4. The number of hydrogen-bond donors (Lipinski definition) is 2. The summed E-state index contributed by atoms with van der Waals surface area (Å²) in [4.78, 5) is 12.6. The Bertz CT molecular complexity index is 541. The number of carbonyl (C=O) groups excluding carboxylic acids is 1. The summed E-state index contributed by atoms with van der Waals surface area (Å²) in [5, 5.41) is 16.8. The molecule has 1 atom stereocenters. The van der Waals surface area contributed by atoms with Crippen molar-refractivity contribution in [1.82, 2.24) is 15.1 Å². The van der Waals surface area contributed by atoms with Crippen LogP contribution < -0.4 is 5.32 Å². The maximum Gasteiger partial charge on any atom is 0.272 e. The van der Waals surface area contributed by atoms with E-state index in [0.29, 0.717) is 18.0 Å². The zero-order valence-electron chi connectivity index (χ0n) is 14.4. The highest BCUT2D eigenvalue weighted by Crippen LogP contribution is 2.41. The molecule has 0 spiro atoms. The Morgan fingerprint density at radius 3 is 2.50 bits per heavy atom. The molecule has 2 N–H and O–H groups in total. The molecule has 1 amide bonds. The van der Waals surface area contributed by atoms with Crippen molar-refractivity contribution in [3.63, 3.8) is 0 Å². The van der Waals surface area contributed by atoms with Gasteiger partial charge in [-0.1, -0.05) is 6.92 Å². The molecule has 0 bridgehead atoms. The Balaban J connectivity index is 2.23. The van der Waals surface area contributed by atoms with Gasteiger partial charge in [0.1, 0.15) is 5.69 Å². The average Bonchev–Trinajstić information content (AvgIpc) is 3.15. The molecule has 0 saturated heterocycles. The van der Waals surface area contributed by atoms with Crippen LogP contribution in [-0.2, 0) is 5.54 Å². The van der Waals surface area contributed by atoms with Crippen molar-refractivity contribution in [2.75, 3.05) is 6.61 Å². The first kappa shape index (κ1) is 17.0. The maximum absolute atomic E-state index is 12.6. The SMILES string of the molecule is CCC(C)(CCO)NC(=O)c1cc(C2CC2)n(C(C)(C)C)n1. The minimum absolute atomic E-state index is 0.0639. The first-order chi connectivity index (χ1) is 10.2. The summed E-state index contributed by atoms with van der Waals surface area (Å²) in [6, 6.07) is 1.94. The van der Waals surface area contributed by atoms with Gasteiger partial charge >= 0.3 is 0 Å². The van der Waals surface area contributed by atoms with Gasteiger partial charge in [0.2, 0.25) is 0 Å². The molecular weight excluding hydrogens is 278 g/mol. The van der Waals surface area contributed by atoms with Crippen LogP contribution in [0.2, 0.25) is 0 Å². The van der Waals surface area contributed by atoms with Crippen molar-refractivity contribution < 1.29 is 9.90 Å². The number of nitrogens with zero attached hydrogens (tertiary/aromatic N) is 2. The van der Waals surface area contributed by atoms with E-state index in [1.165, 1.54) is 12.8 Å². The van der Waals surface area contributed by atoms with Crippen LogP contribution in [0.4, 0.5) is 0 Å². The van der Waals surface area contributed by atoms with E-state index in [2.05, 4.69) is 31.2 Å². The lowest BCUT2D eigenvalue weighted by atomic mass is 9.94. The molecule has 124 valence electrons. The van der Waals surface area contributed by atoms with Crippen LogP contribution in [0.25, 0.3) is 0 Å². The van der Waals surface area contributed by atoms with Crippen molar-refractivity contribution in [2.45, 2.75) is 77.3 Å². The number of amides is 1. The van der Waals surface area contributed by atoms with Gasteiger partial charge in [0, 0.05) is 23.8 Å². The van der Waals surface area contributed by atoms with Gasteiger partial charge in [-0.05, 0) is 59.4 Å². The molecule has 1 saturated carbocycles. The van der Waals surface area contributed by atoms with E-state index in [9.17, 15) is 9.90 Å². The van der Waals surface area contributed by atoms with Crippen LogP contribution in [-0.4, -0.2) is 32.9 Å². The largest absolute Gasteiger partial charge is 0.396 e. The van der Waals surface area contributed by atoms with Gasteiger partial charge in [-0.25, -0.2) is 0 Å². The predicted molar refractivity (Wildman–Crippen MR) is 87.1 cm³/mol. The molecule has 1 aliphatic carbocycles. The highest BCUT2D eigenvalue weighted by Gasteiger charge is 2.33. The maximum atomic E-state index is 12.6. The minimum Gasteiger partial charge on any atom is -0.396 e. The molecule has 0 aromatic carbocycles. The fourth-order valence-corrected chi connectivity index (χ4v) is 2.63. The van der Waals surface area contributed by atoms with Crippen LogP contribution in [0, 0.1) is 0 Å². The molecule has 1 aliphatic rings. The number of nitrogens with one attached hydrogen (secondary N) is 1. The topological polar surface area (TPSA) is 67.2 Å². The monoisotopic (exact) mass is 307 g/mol. The Labute approximate surface area is 133 Å². The van der Waals surface area contributed by atoms with Gasteiger partial charge in [-0.15, -0.1) is 0 Å².